The van der Waals surface area contributed by atoms with E-state index in [0.717, 1.165) is 23.7 Å². The minimum atomic E-state index is 0.593. The molecule has 1 aliphatic rings. The second-order valence-electron chi connectivity index (χ2n) is 4.98. The van der Waals surface area contributed by atoms with Gasteiger partial charge in [-0.05, 0) is 41.7 Å². The number of halogens is 2. The van der Waals surface area contributed by atoms with Gasteiger partial charge in [0.1, 0.15) is 0 Å². The van der Waals surface area contributed by atoms with Crippen molar-refractivity contribution in [2.24, 2.45) is 0 Å². The van der Waals surface area contributed by atoms with E-state index >= 15 is 0 Å². The van der Waals surface area contributed by atoms with E-state index in [1.807, 2.05) is 18.2 Å². The number of rotatable bonds is 4. The fourth-order valence-electron chi connectivity index (χ4n) is 2.04. The van der Waals surface area contributed by atoms with Crippen LogP contribution < -0.4 is 5.32 Å². The van der Waals surface area contributed by atoms with Crippen LogP contribution in [-0.2, 0) is 6.54 Å². The van der Waals surface area contributed by atoms with Gasteiger partial charge >= 0.3 is 0 Å². The lowest BCUT2D eigenvalue weighted by molar-refractivity contribution is 0.688. The van der Waals surface area contributed by atoms with E-state index in [1.54, 1.807) is 0 Å². The zero-order valence-electron chi connectivity index (χ0n) is 10.5. The Hall–Kier alpha value is -1.02. The van der Waals surface area contributed by atoms with Crippen molar-refractivity contribution in [1.82, 2.24) is 5.32 Å². The maximum atomic E-state index is 6.04. The highest BCUT2D eigenvalue weighted by Crippen LogP contribution is 2.28. The molecule has 1 nitrogen and oxygen atoms in total. The molecule has 0 spiro atoms. The van der Waals surface area contributed by atoms with E-state index in [1.165, 1.54) is 18.4 Å². The highest BCUT2D eigenvalue weighted by atomic mass is 35.5. The van der Waals surface area contributed by atoms with E-state index in [4.69, 9.17) is 23.2 Å². The minimum Gasteiger partial charge on any atom is -0.310 e. The molecule has 0 amide bonds. The van der Waals surface area contributed by atoms with Crippen molar-refractivity contribution in [3.05, 3.63) is 58.1 Å². The van der Waals surface area contributed by atoms with E-state index in [-0.39, 0.29) is 0 Å². The van der Waals surface area contributed by atoms with Gasteiger partial charge in [0.05, 0.1) is 10.0 Å². The van der Waals surface area contributed by atoms with E-state index < -0.39 is 0 Å². The van der Waals surface area contributed by atoms with Crippen LogP contribution in [0.25, 0.3) is 11.1 Å². The second kappa shape index (κ2) is 5.54. The summed E-state index contributed by atoms with van der Waals surface area (Å²) >= 11 is 12.0. The van der Waals surface area contributed by atoms with Gasteiger partial charge in [0.25, 0.3) is 0 Å². The molecule has 0 saturated heterocycles. The largest absolute Gasteiger partial charge is 0.310 e. The van der Waals surface area contributed by atoms with Crippen molar-refractivity contribution in [1.29, 1.82) is 0 Å². The normalized spacial score (nSPS) is 14.6. The molecule has 0 atom stereocenters. The van der Waals surface area contributed by atoms with Crippen LogP contribution in [0.2, 0.25) is 10.0 Å². The first-order valence-electron chi connectivity index (χ1n) is 6.50. The van der Waals surface area contributed by atoms with Crippen molar-refractivity contribution in [3.63, 3.8) is 0 Å². The molecule has 0 unspecified atom stereocenters. The fraction of sp³-hybridized carbons (Fsp3) is 0.250. The van der Waals surface area contributed by atoms with Gasteiger partial charge < -0.3 is 5.32 Å². The molecule has 19 heavy (non-hydrogen) atoms. The van der Waals surface area contributed by atoms with Gasteiger partial charge in [0.2, 0.25) is 0 Å². The Kier molecular flexibility index (Phi) is 3.79. The third-order valence-corrected chi connectivity index (χ3v) is 4.12. The molecule has 0 aliphatic heterocycles. The zero-order chi connectivity index (χ0) is 13.2. The molecule has 1 N–H and O–H groups in total. The minimum absolute atomic E-state index is 0.593. The summed E-state index contributed by atoms with van der Waals surface area (Å²) in [4.78, 5) is 0. The molecule has 1 aliphatic carbocycles. The van der Waals surface area contributed by atoms with E-state index in [2.05, 4.69) is 29.6 Å². The summed E-state index contributed by atoms with van der Waals surface area (Å²) in [5, 5.41) is 4.70. The Morgan fingerprint density at radius 3 is 2.21 bits per heavy atom. The molecule has 0 heterocycles. The first-order chi connectivity index (χ1) is 9.22. The standard InChI is InChI=1S/C16H15Cl2N/c17-15-8-5-13(9-16(15)18)12-3-1-11(2-4-12)10-19-14-6-7-14/h1-5,8-9,14,19H,6-7,10H2. The van der Waals surface area contributed by atoms with Crippen molar-refractivity contribution in [2.75, 3.05) is 0 Å². The SMILES string of the molecule is Clc1ccc(-c2ccc(CNC3CC3)cc2)cc1Cl. The zero-order valence-corrected chi connectivity index (χ0v) is 12.0. The average Bonchev–Trinajstić information content (AvgIpc) is 3.24. The second-order valence-corrected chi connectivity index (χ2v) is 5.80. The number of benzene rings is 2. The third kappa shape index (κ3) is 3.30. The number of hydrogen-bond acceptors (Lipinski definition) is 1. The van der Waals surface area contributed by atoms with Crippen LogP contribution in [0.15, 0.2) is 42.5 Å². The molecule has 0 radical (unpaired) electrons. The van der Waals surface area contributed by atoms with Gasteiger partial charge in [-0.1, -0.05) is 53.5 Å². The summed E-state index contributed by atoms with van der Waals surface area (Å²) in [6.45, 7) is 0.951. The molecular weight excluding hydrogens is 277 g/mol. The van der Waals surface area contributed by atoms with E-state index in [9.17, 15) is 0 Å². The lowest BCUT2D eigenvalue weighted by atomic mass is 10.0. The third-order valence-electron chi connectivity index (χ3n) is 3.38. The smallest absolute Gasteiger partial charge is 0.0598 e. The molecular formula is C16H15Cl2N. The van der Waals surface area contributed by atoms with Crippen molar-refractivity contribution < 1.29 is 0 Å². The Balaban J connectivity index is 1.74. The van der Waals surface area contributed by atoms with Crippen molar-refractivity contribution >= 4 is 23.2 Å². The molecule has 3 rings (SSSR count). The highest BCUT2D eigenvalue weighted by molar-refractivity contribution is 6.42. The Morgan fingerprint density at radius 1 is 0.895 bits per heavy atom. The molecule has 3 heteroatoms. The quantitative estimate of drug-likeness (QED) is 0.844. The van der Waals surface area contributed by atoms with Gasteiger partial charge in [0, 0.05) is 12.6 Å². The van der Waals surface area contributed by atoms with Gasteiger partial charge in [0.15, 0.2) is 0 Å². The number of hydrogen-bond donors (Lipinski definition) is 1. The summed E-state index contributed by atoms with van der Waals surface area (Å²) in [5.74, 6) is 0. The summed E-state index contributed by atoms with van der Waals surface area (Å²) in [6, 6.07) is 15.1. The van der Waals surface area contributed by atoms with Crippen LogP contribution in [0.4, 0.5) is 0 Å². The molecule has 0 bridgehead atoms. The van der Waals surface area contributed by atoms with Crippen molar-refractivity contribution in [2.45, 2.75) is 25.4 Å². The van der Waals surface area contributed by atoms with Gasteiger partial charge in [-0.2, -0.15) is 0 Å². The fourth-order valence-corrected chi connectivity index (χ4v) is 2.34. The Labute approximate surface area is 123 Å². The van der Waals surface area contributed by atoms with Crippen molar-refractivity contribution in [3.8, 4) is 11.1 Å². The lowest BCUT2D eigenvalue weighted by Crippen LogP contribution is -2.14. The van der Waals surface area contributed by atoms with Crippen LogP contribution in [-0.4, -0.2) is 6.04 Å². The molecule has 1 fully saturated rings. The maximum absolute atomic E-state index is 6.04. The van der Waals surface area contributed by atoms with Crippen LogP contribution in [0.3, 0.4) is 0 Å². The molecule has 0 aromatic heterocycles. The Bertz CT molecular complexity index is 574. The van der Waals surface area contributed by atoms with Gasteiger partial charge in [-0.25, -0.2) is 0 Å². The first-order valence-corrected chi connectivity index (χ1v) is 7.26. The van der Waals surface area contributed by atoms with E-state index in [0.29, 0.717) is 10.0 Å². The number of nitrogens with one attached hydrogen (secondary N) is 1. The monoisotopic (exact) mass is 291 g/mol. The summed E-state index contributed by atoms with van der Waals surface area (Å²) in [7, 11) is 0. The Morgan fingerprint density at radius 2 is 1.58 bits per heavy atom. The van der Waals surface area contributed by atoms with Crippen LogP contribution in [0, 0.1) is 0 Å². The average molecular weight is 292 g/mol. The molecule has 2 aromatic carbocycles. The predicted octanol–water partition coefficient (Wildman–Crippen LogP) is 4.91. The lowest BCUT2D eigenvalue weighted by Gasteiger charge is -2.06. The topological polar surface area (TPSA) is 12.0 Å². The first kappa shape index (κ1) is 13.0. The highest BCUT2D eigenvalue weighted by Gasteiger charge is 2.19. The summed E-state index contributed by atoms with van der Waals surface area (Å²) in [6.07, 6.45) is 2.64. The van der Waals surface area contributed by atoms with Gasteiger partial charge in [-0.3, -0.25) is 0 Å². The van der Waals surface area contributed by atoms with Crippen LogP contribution >= 0.6 is 23.2 Å². The summed E-state index contributed by atoms with van der Waals surface area (Å²) in [5.41, 5.74) is 3.57. The van der Waals surface area contributed by atoms with Gasteiger partial charge in [-0.15, -0.1) is 0 Å². The predicted molar refractivity (Wildman–Crippen MR) is 81.8 cm³/mol. The van der Waals surface area contributed by atoms with Crippen LogP contribution in [0.1, 0.15) is 18.4 Å². The summed E-state index contributed by atoms with van der Waals surface area (Å²) < 4.78 is 0. The van der Waals surface area contributed by atoms with Crippen LogP contribution in [0.5, 0.6) is 0 Å². The molecule has 2 aromatic rings. The molecule has 98 valence electrons. The maximum Gasteiger partial charge on any atom is 0.0598 e. The molecule has 1 saturated carbocycles.